The van der Waals surface area contributed by atoms with Crippen molar-refractivity contribution in [2.24, 2.45) is 0 Å². The summed E-state index contributed by atoms with van der Waals surface area (Å²) in [7, 11) is 0. The van der Waals surface area contributed by atoms with Gasteiger partial charge in [0, 0.05) is 16.9 Å². The maximum atomic E-state index is 11.0. The highest BCUT2D eigenvalue weighted by atomic mass is 35.5. The van der Waals surface area contributed by atoms with Gasteiger partial charge >= 0.3 is 0 Å². The number of hydrogen-bond acceptors (Lipinski definition) is 5. The van der Waals surface area contributed by atoms with E-state index in [0.29, 0.717) is 17.5 Å². The van der Waals surface area contributed by atoms with Crippen molar-refractivity contribution in [2.45, 2.75) is 42.7 Å². The van der Waals surface area contributed by atoms with Gasteiger partial charge < -0.3 is 10.0 Å². The summed E-state index contributed by atoms with van der Waals surface area (Å²) in [6, 6.07) is 9.50. The van der Waals surface area contributed by atoms with Crippen molar-refractivity contribution in [1.29, 1.82) is 0 Å². The minimum atomic E-state index is -0.698. The van der Waals surface area contributed by atoms with Gasteiger partial charge in [0.05, 0.1) is 12.1 Å². The summed E-state index contributed by atoms with van der Waals surface area (Å²) < 4.78 is 0. The van der Waals surface area contributed by atoms with Crippen molar-refractivity contribution in [3.05, 3.63) is 41.6 Å². The van der Waals surface area contributed by atoms with Crippen LogP contribution in [0.3, 0.4) is 0 Å². The molecule has 1 aromatic heterocycles. The van der Waals surface area contributed by atoms with Crippen LogP contribution in [-0.4, -0.2) is 33.5 Å². The van der Waals surface area contributed by atoms with Crippen molar-refractivity contribution in [1.82, 2.24) is 9.97 Å². The normalized spacial score (nSPS) is 16.8. The predicted octanol–water partition coefficient (Wildman–Crippen LogP) is 4.69. The Balaban J connectivity index is 1.95. The Hall–Kier alpha value is -1.30. The largest absolute Gasteiger partial charge is 0.388 e. The molecule has 0 amide bonds. The van der Waals surface area contributed by atoms with Crippen LogP contribution in [0.2, 0.25) is 5.02 Å². The number of aromatic nitrogens is 2. The van der Waals surface area contributed by atoms with E-state index in [1.165, 1.54) is 6.42 Å². The van der Waals surface area contributed by atoms with Gasteiger partial charge in [-0.15, -0.1) is 11.8 Å². The molecule has 1 aliphatic carbocycles. The highest BCUT2D eigenvalue weighted by Gasteiger charge is 2.33. The van der Waals surface area contributed by atoms with Crippen molar-refractivity contribution < 1.29 is 5.11 Å². The molecule has 1 fully saturated rings. The fourth-order valence-electron chi connectivity index (χ4n) is 3.14. The number of benzene rings is 1. The Labute approximate surface area is 152 Å². The van der Waals surface area contributed by atoms with E-state index in [-0.39, 0.29) is 0 Å². The van der Waals surface area contributed by atoms with Crippen LogP contribution in [0, 0.1) is 0 Å². The number of anilines is 2. The summed E-state index contributed by atoms with van der Waals surface area (Å²) in [6.45, 7) is 0.493. The van der Waals surface area contributed by atoms with E-state index in [9.17, 15) is 5.11 Å². The fraction of sp³-hybridized carbons (Fsp3) is 0.444. The number of aliphatic hydroxyl groups is 1. The first-order valence-electron chi connectivity index (χ1n) is 8.22. The molecular weight excluding hydrogens is 342 g/mol. The Morgan fingerprint density at radius 1 is 1.17 bits per heavy atom. The molecule has 0 aliphatic heterocycles. The van der Waals surface area contributed by atoms with Crippen molar-refractivity contribution in [3.63, 3.8) is 0 Å². The molecule has 1 aromatic carbocycles. The third-order valence-electron chi connectivity index (χ3n) is 4.44. The van der Waals surface area contributed by atoms with Crippen molar-refractivity contribution in [3.8, 4) is 0 Å². The van der Waals surface area contributed by atoms with Crippen LogP contribution in [0.5, 0.6) is 0 Å². The van der Waals surface area contributed by atoms with Crippen LogP contribution >= 0.6 is 23.4 Å². The molecule has 0 bridgehead atoms. The molecule has 6 heteroatoms. The number of nitrogens with zero attached hydrogens (tertiary/aromatic N) is 3. The van der Waals surface area contributed by atoms with Crippen LogP contribution in [0.25, 0.3) is 0 Å². The molecule has 0 spiro atoms. The van der Waals surface area contributed by atoms with E-state index in [2.05, 4.69) is 9.97 Å². The van der Waals surface area contributed by atoms with Crippen LogP contribution in [-0.2, 0) is 0 Å². The lowest BCUT2D eigenvalue weighted by Gasteiger charge is -2.37. The summed E-state index contributed by atoms with van der Waals surface area (Å²) in [5, 5.41) is 12.6. The third kappa shape index (κ3) is 4.21. The Morgan fingerprint density at radius 2 is 1.88 bits per heavy atom. The number of thioether (sulfide) groups is 1. The van der Waals surface area contributed by atoms with E-state index in [0.717, 1.165) is 36.4 Å². The minimum absolute atomic E-state index is 0.493. The van der Waals surface area contributed by atoms with Crippen LogP contribution in [0.1, 0.15) is 32.1 Å². The number of halogens is 1. The lowest BCUT2D eigenvalue weighted by atomic mass is 9.84. The first kappa shape index (κ1) is 17.5. The van der Waals surface area contributed by atoms with Gasteiger partial charge in [0.25, 0.3) is 0 Å². The molecule has 1 heterocycles. The van der Waals surface area contributed by atoms with Crippen LogP contribution in [0.15, 0.2) is 41.6 Å². The molecule has 2 aromatic rings. The summed E-state index contributed by atoms with van der Waals surface area (Å²) >= 11 is 7.61. The maximum Gasteiger partial charge on any atom is 0.231 e. The fourth-order valence-corrected chi connectivity index (χ4v) is 3.63. The Bertz CT molecular complexity index is 674. The second kappa shape index (κ2) is 7.72. The average molecular weight is 364 g/mol. The summed E-state index contributed by atoms with van der Waals surface area (Å²) in [5.74, 6) is 0.614. The molecule has 128 valence electrons. The minimum Gasteiger partial charge on any atom is -0.388 e. The zero-order valence-corrected chi connectivity index (χ0v) is 15.4. The SMILES string of the molecule is CSc1ccnc(N(CC2(O)CCCCC2)c2ccc(Cl)cc2)n1. The van der Waals surface area contributed by atoms with Gasteiger partial charge in [0.2, 0.25) is 5.95 Å². The average Bonchev–Trinajstić information content (AvgIpc) is 2.61. The molecule has 1 saturated carbocycles. The van der Waals surface area contributed by atoms with E-state index < -0.39 is 5.60 Å². The highest BCUT2D eigenvalue weighted by Crippen LogP contribution is 2.33. The molecule has 0 unspecified atom stereocenters. The highest BCUT2D eigenvalue weighted by molar-refractivity contribution is 7.98. The van der Waals surface area contributed by atoms with Gasteiger partial charge in [0.15, 0.2) is 0 Å². The number of rotatable bonds is 5. The standard InChI is InChI=1S/C18H22ClN3OS/c1-24-16-9-12-20-17(21-16)22(15-7-5-14(19)6-8-15)13-18(23)10-3-2-4-11-18/h5-9,12,23H,2-4,10-11,13H2,1H3. The third-order valence-corrected chi connectivity index (χ3v) is 5.34. The van der Waals surface area contributed by atoms with Crippen molar-refractivity contribution in [2.75, 3.05) is 17.7 Å². The lowest BCUT2D eigenvalue weighted by molar-refractivity contribution is 0.0126. The molecule has 0 saturated heterocycles. The first-order chi connectivity index (χ1) is 11.6. The van der Waals surface area contributed by atoms with Gasteiger partial charge in [0.1, 0.15) is 5.03 Å². The summed E-state index contributed by atoms with van der Waals surface area (Å²) in [6.07, 6.45) is 8.73. The van der Waals surface area contributed by atoms with Gasteiger partial charge in [-0.2, -0.15) is 0 Å². The maximum absolute atomic E-state index is 11.0. The molecule has 4 nitrogen and oxygen atoms in total. The van der Waals surface area contributed by atoms with E-state index in [1.54, 1.807) is 18.0 Å². The second-order valence-corrected chi connectivity index (χ2v) is 7.51. The van der Waals surface area contributed by atoms with E-state index in [1.807, 2.05) is 41.5 Å². The lowest BCUT2D eigenvalue weighted by Crippen LogP contribution is -2.43. The van der Waals surface area contributed by atoms with E-state index >= 15 is 0 Å². The molecule has 24 heavy (non-hydrogen) atoms. The first-order valence-corrected chi connectivity index (χ1v) is 9.82. The van der Waals surface area contributed by atoms with E-state index in [4.69, 9.17) is 11.6 Å². The zero-order valence-electron chi connectivity index (χ0n) is 13.8. The van der Waals surface area contributed by atoms with Gasteiger partial charge in [-0.1, -0.05) is 30.9 Å². The zero-order chi connectivity index (χ0) is 17.0. The predicted molar refractivity (Wildman–Crippen MR) is 100 cm³/mol. The summed E-state index contributed by atoms with van der Waals surface area (Å²) in [5.41, 5.74) is 0.244. The smallest absolute Gasteiger partial charge is 0.231 e. The molecule has 3 rings (SSSR count). The van der Waals surface area contributed by atoms with Crippen molar-refractivity contribution >= 4 is 35.0 Å². The Kier molecular flexibility index (Phi) is 5.64. The summed E-state index contributed by atoms with van der Waals surface area (Å²) in [4.78, 5) is 11.1. The van der Waals surface area contributed by atoms with Crippen LogP contribution < -0.4 is 4.90 Å². The van der Waals surface area contributed by atoms with Gasteiger partial charge in [-0.25, -0.2) is 9.97 Å². The monoisotopic (exact) mass is 363 g/mol. The second-order valence-electron chi connectivity index (χ2n) is 6.25. The molecule has 0 atom stereocenters. The van der Waals surface area contributed by atoms with Crippen LogP contribution in [0.4, 0.5) is 11.6 Å². The Morgan fingerprint density at radius 3 is 2.54 bits per heavy atom. The van der Waals surface area contributed by atoms with Gasteiger partial charge in [-0.3, -0.25) is 0 Å². The van der Waals surface area contributed by atoms with Gasteiger partial charge in [-0.05, 0) is 49.4 Å². The molecule has 1 N–H and O–H groups in total. The molecular formula is C18H22ClN3OS. The quantitative estimate of drug-likeness (QED) is 0.617. The topological polar surface area (TPSA) is 49.2 Å². The molecule has 0 radical (unpaired) electrons. The number of hydrogen-bond donors (Lipinski definition) is 1. The molecule has 1 aliphatic rings.